The molecule has 1 fully saturated rings. The minimum absolute atomic E-state index is 0.492. The minimum Gasteiger partial charge on any atom is -0.497 e. The van der Waals surface area contributed by atoms with Gasteiger partial charge in [0, 0.05) is 26.7 Å². The molecule has 0 bridgehead atoms. The number of hydrogen-bond donors (Lipinski definition) is 2. The highest BCUT2D eigenvalue weighted by Gasteiger charge is 2.12. The molecule has 0 atom stereocenters. The van der Waals surface area contributed by atoms with Crippen LogP contribution in [0.5, 0.6) is 5.75 Å². The van der Waals surface area contributed by atoms with Crippen LogP contribution >= 0.6 is 0 Å². The average Bonchev–Trinajstić information content (AvgIpc) is 2.65. The molecule has 1 aliphatic rings. The summed E-state index contributed by atoms with van der Waals surface area (Å²) in [6, 6.07) is 8.04. The molecule has 1 aromatic rings. The molecule has 0 saturated heterocycles. The van der Waals surface area contributed by atoms with E-state index in [1.807, 2.05) is 12.1 Å². The molecule has 2 N–H and O–H groups in total. The normalized spacial score (nSPS) is 16.0. The monoisotopic (exact) mass is 333 g/mol. The standard InChI is InChI=1S/C19H31N3O2/c1-20-19(22-15-16-9-11-17(23-2)12-10-16)21-13-6-14-24-18-7-4-3-5-8-18/h9-12,18H,3-8,13-15H2,1-2H3,(H2,20,21,22). The Kier molecular flexibility index (Phi) is 8.46. The second kappa shape index (κ2) is 10.9. The molecular weight excluding hydrogens is 302 g/mol. The lowest BCUT2D eigenvalue weighted by Crippen LogP contribution is -2.37. The third-order valence-corrected chi connectivity index (χ3v) is 4.36. The molecule has 0 amide bonds. The Labute approximate surface area is 145 Å². The Morgan fingerprint density at radius 1 is 1.12 bits per heavy atom. The summed E-state index contributed by atoms with van der Waals surface area (Å²) < 4.78 is 11.1. The van der Waals surface area contributed by atoms with Gasteiger partial charge in [-0.2, -0.15) is 0 Å². The first-order valence-corrected chi connectivity index (χ1v) is 9.01. The summed E-state index contributed by atoms with van der Waals surface area (Å²) in [4.78, 5) is 4.25. The number of guanidine groups is 1. The van der Waals surface area contributed by atoms with Gasteiger partial charge in [0.2, 0.25) is 0 Å². The summed E-state index contributed by atoms with van der Waals surface area (Å²) in [6.45, 7) is 2.43. The van der Waals surface area contributed by atoms with E-state index in [0.29, 0.717) is 6.10 Å². The summed E-state index contributed by atoms with van der Waals surface area (Å²) >= 11 is 0. The van der Waals surface area contributed by atoms with Gasteiger partial charge < -0.3 is 20.1 Å². The molecule has 0 spiro atoms. The molecule has 0 radical (unpaired) electrons. The quantitative estimate of drug-likeness (QED) is 0.436. The summed E-state index contributed by atoms with van der Waals surface area (Å²) in [5.74, 6) is 1.70. The first-order chi connectivity index (χ1) is 11.8. The van der Waals surface area contributed by atoms with E-state index in [1.165, 1.54) is 37.7 Å². The highest BCUT2D eigenvalue weighted by molar-refractivity contribution is 5.79. The molecule has 2 rings (SSSR count). The van der Waals surface area contributed by atoms with Crippen molar-refractivity contribution in [2.24, 2.45) is 4.99 Å². The Balaban J connectivity index is 1.57. The SMILES string of the molecule is CN=C(NCCCOC1CCCCC1)NCc1ccc(OC)cc1. The fourth-order valence-corrected chi connectivity index (χ4v) is 2.91. The fourth-order valence-electron chi connectivity index (χ4n) is 2.91. The van der Waals surface area contributed by atoms with E-state index < -0.39 is 0 Å². The molecule has 1 aromatic carbocycles. The van der Waals surface area contributed by atoms with Gasteiger partial charge in [0.15, 0.2) is 5.96 Å². The van der Waals surface area contributed by atoms with Gasteiger partial charge in [-0.05, 0) is 37.0 Å². The van der Waals surface area contributed by atoms with Crippen LogP contribution < -0.4 is 15.4 Å². The molecule has 1 aliphatic carbocycles. The Hall–Kier alpha value is -1.75. The zero-order valence-corrected chi connectivity index (χ0v) is 15.0. The first kappa shape index (κ1) is 18.6. The highest BCUT2D eigenvalue weighted by atomic mass is 16.5. The van der Waals surface area contributed by atoms with Crippen molar-refractivity contribution in [2.75, 3.05) is 27.3 Å². The number of ether oxygens (including phenoxy) is 2. The van der Waals surface area contributed by atoms with Crippen LogP contribution in [0.3, 0.4) is 0 Å². The molecule has 134 valence electrons. The molecule has 24 heavy (non-hydrogen) atoms. The molecule has 0 heterocycles. The van der Waals surface area contributed by atoms with Gasteiger partial charge in [-0.1, -0.05) is 31.4 Å². The van der Waals surface area contributed by atoms with Crippen LogP contribution in [0.25, 0.3) is 0 Å². The maximum atomic E-state index is 5.94. The second-order valence-corrected chi connectivity index (χ2v) is 6.18. The molecule has 0 unspecified atom stereocenters. The zero-order chi connectivity index (χ0) is 17.0. The van der Waals surface area contributed by atoms with Gasteiger partial charge in [0.25, 0.3) is 0 Å². The van der Waals surface area contributed by atoms with E-state index in [0.717, 1.165) is 37.8 Å². The third kappa shape index (κ3) is 6.79. The van der Waals surface area contributed by atoms with Gasteiger partial charge in [-0.25, -0.2) is 0 Å². The molecule has 0 aromatic heterocycles. The van der Waals surface area contributed by atoms with E-state index in [-0.39, 0.29) is 0 Å². The number of benzene rings is 1. The smallest absolute Gasteiger partial charge is 0.191 e. The number of rotatable bonds is 8. The van der Waals surface area contributed by atoms with E-state index in [2.05, 4.69) is 27.8 Å². The minimum atomic E-state index is 0.492. The van der Waals surface area contributed by atoms with Crippen LogP contribution in [0.4, 0.5) is 0 Å². The summed E-state index contributed by atoms with van der Waals surface area (Å²) in [5.41, 5.74) is 1.19. The first-order valence-electron chi connectivity index (χ1n) is 9.01. The number of aliphatic imine (C=N–C) groups is 1. The summed E-state index contributed by atoms with van der Waals surface area (Å²) in [6.07, 6.45) is 7.98. The molecule has 0 aliphatic heterocycles. The van der Waals surface area contributed by atoms with Crippen molar-refractivity contribution in [1.82, 2.24) is 10.6 Å². The third-order valence-electron chi connectivity index (χ3n) is 4.36. The van der Waals surface area contributed by atoms with Crippen LogP contribution in [0, 0.1) is 0 Å². The number of nitrogens with zero attached hydrogens (tertiary/aromatic N) is 1. The van der Waals surface area contributed by atoms with Crippen molar-refractivity contribution >= 4 is 5.96 Å². The average molecular weight is 333 g/mol. The highest BCUT2D eigenvalue weighted by Crippen LogP contribution is 2.20. The van der Waals surface area contributed by atoms with Gasteiger partial charge in [0.1, 0.15) is 5.75 Å². The van der Waals surface area contributed by atoms with Gasteiger partial charge >= 0.3 is 0 Å². The van der Waals surface area contributed by atoms with Crippen molar-refractivity contribution < 1.29 is 9.47 Å². The van der Waals surface area contributed by atoms with Gasteiger partial charge in [-0.15, -0.1) is 0 Å². The summed E-state index contributed by atoms with van der Waals surface area (Å²) in [7, 11) is 3.47. The predicted molar refractivity (Wildman–Crippen MR) is 98.6 cm³/mol. The Morgan fingerprint density at radius 3 is 2.54 bits per heavy atom. The zero-order valence-electron chi connectivity index (χ0n) is 15.0. The lowest BCUT2D eigenvalue weighted by atomic mass is 9.98. The van der Waals surface area contributed by atoms with Crippen molar-refractivity contribution in [3.8, 4) is 5.75 Å². The Morgan fingerprint density at radius 2 is 1.88 bits per heavy atom. The predicted octanol–water partition coefficient (Wildman–Crippen LogP) is 3.10. The van der Waals surface area contributed by atoms with E-state index in [9.17, 15) is 0 Å². The van der Waals surface area contributed by atoms with Crippen molar-refractivity contribution in [1.29, 1.82) is 0 Å². The topological polar surface area (TPSA) is 54.9 Å². The van der Waals surface area contributed by atoms with Crippen molar-refractivity contribution in [2.45, 2.75) is 51.2 Å². The van der Waals surface area contributed by atoms with E-state index in [4.69, 9.17) is 9.47 Å². The van der Waals surface area contributed by atoms with Crippen molar-refractivity contribution in [3.05, 3.63) is 29.8 Å². The van der Waals surface area contributed by atoms with Crippen molar-refractivity contribution in [3.63, 3.8) is 0 Å². The maximum Gasteiger partial charge on any atom is 0.191 e. The van der Waals surface area contributed by atoms with Crippen LogP contribution in [-0.4, -0.2) is 39.4 Å². The largest absolute Gasteiger partial charge is 0.497 e. The number of nitrogens with one attached hydrogen (secondary N) is 2. The van der Waals surface area contributed by atoms with Crippen LogP contribution in [0.2, 0.25) is 0 Å². The van der Waals surface area contributed by atoms with E-state index >= 15 is 0 Å². The molecule has 5 heteroatoms. The molecule has 1 saturated carbocycles. The molecule has 5 nitrogen and oxygen atoms in total. The van der Waals surface area contributed by atoms with Gasteiger partial charge in [-0.3, -0.25) is 4.99 Å². The summed E-state index contributed by atoms with van der Waals surface area (Å²) in [5, 5.41) is 6.65. The number of hydrogen-bond acceptors (Lipinski definition) is 3. The van der Waals surface area contributed by atoms with Gasteiger partial charge in [0.05, 0.1) is 13.2 Å². The maximum absolute atomic E-state index is 5.94. The van der Waals surface area contributed by atoms with Crippen LogP contribution in [-0.2, 0) is 11.3 Å². The van der Waals surface area contributed by atoms with E-state index in [1.54, 1.807) is 14.2 Å². The second-order valence-electron chi connectivity index (χ2n) is 6.18. The van der Waals surface area contributed by atoms with Crippen LogP contribution in [0.1, 0.15) is 44.1 Å². The number of methoxy groups -OCH3 is 1. The molecular formula is C19H31N3O2. The lowest BCUT2D eigenvalue weighted by Gasteiger charge is -2.22. The Bertz CT molecular complexity index is 482. The fraction of sp³-hybridized carbons (Fsp3) is 0.632. The van der Waals surface area contributed by atoms with Crippen LogP contribution in [0.15, 0.2) is 29.3 Å². The lowest BCUT2D eigenvalue weighted by molar-refractivity contribution is 0.0277.